The molecular formula is C20H22ClFN2O4S. The van der Waals surface area contributed by atoms with Crippen molar-refractivity contribution in [3.05, 3.63) is 47.4 Å². The predicted octanol–water partition coefficient (Wildman–Crippen LogP) is 3.41. The molecule has 2 heterocycles. The Hall–Kier alpha value is -1.74. The molecule has 1 aliphatic carbocycles. The summed E-state index contributed by atoms with van der Waals surface area (Å²) in [4.78, 5) is 4.03. The van der Waals surface area contributed by atoms with Crippen molar-refractivity contribution in [1.29, 1.82) is 0 Å². The van der Waals surface area contributed by atoms with Gasteiger partial charge in [0, 0.05) is 24.3 Å². The van der Waals surface area contributed by atoms with Crippen LogP contribution in [0.25, 0.3) is 11.3 Å². The van der Waals surface area contributed by atoms with Crippen LogP contribution in [-0.2, 0) is 14.8 Å². The fraction of sp³-hybridized carbons (Fsp3) is 0.450. The van der Waals surface area contributed by atoms with Gasteiger partial charge in [0.25, 0.3) is 0 Å². The van der Waals surface area contributed by atoms with E-state index >= 15 is 0 Å². The SMILES string of the molecule is O=S(=O)(NC1COCCC1COc1ccc(-c2ncc(Cl)cc2F)cc1)C1CC1. The molecule has 6 nitrogen and oxygen atoms in total. The minimum Gasteiger partial charge on any atom is -0.493 e. The smallest absolute Gasteiger partial charge is 0.214 e. The van der Waals surface area contributed by atoms with E-state index in [9.17, 15) is 12.8 Å². The van der Waals surface area contributed by atoms with Crippen molar-refractivity contribution in [2.45, 2.75) is 30.6 Å². The van der Waals surface area contributed by atoms with Crippen molar-refractivity contribution in [2.75, 3.05) is 19.8 Å². The van der Waals surface area contributed by atoms with E-state index in [2.05, 4.69) is 9.71 Å². The Bertz CT molecular complexity index is 967. The van der Waals surface area contributed by atoms with Gasteiger partial charge in [-0.05, 0) is 49.6 Å². The van der Waals surface area contributed by atoms with Gasteiger partial charge in [-0.15, -0.1) is 0 Å². The second-order valence-electron chi connectivity index (χ2n) is 7.41. The summed E-state index contributed by atoms with van der Waals surface area (Å²) in [6.07, 6.45) is 3.56. The Morgan fingerprint density at radius 3 is 2.69 bits per heavy atom. The number of nitrogens with one attached hydrogen (secondary N) is 1. The number of nitrogens with zero attached hydrogens (tertiary/aromatic N) is 1. The van der Waals surface area contributed by atoms with Crippen LogP contribution in [0.4, 0.5) is 4.39 Å². The first-order chi connectivity index (χ1) is 13.9. The summed E-state index contributed by atoms with van der Waals surface area (Å²) < 4.78 is 52.7. The quantitative estimate of drug-likeness (QED) is 0.714. The second-order valence-corrected chi connectivity index (χ2v) is 9.84. The number of hydrogen-bond donors (Lipinski definition) is 1. The summed E-state index contributed by atoms with van der Waals surface area (Å²) in [6, 6.07) is 7.88. The molecule has 2 aliphatic rings. The molecule has 1 saturated carbocycles. The summed E-state index contributed by atoms with van der Waals surface area (Å²) >= 11 is 5.74. The zero-order chi connectivity index (χ0) is 20.4. The van der Waals surface area contributed by atoms with Gasteiger partial charge in [-0.2, -0.15) is 0 Å². The van der Waals surface area contributed by atoms with E-state index in [1.165, 1.54) is 12.3 Å². The van der Waals surface area contributed by atoms with Crippen LogP contribution in [0.2, 0.25) is 5.02 Å². The number of sulfonamides is 1. The van der Waals surface area contributed by atoms with Crippen molar-refractivity contribution in [1.82, 2.24) is 9.71 Å². The van der Waals surface area contributed by atoms with E-state index in [0.717, 1.165) is 19.3 Å². The van der Waals surface area contributed by atoms with Crippen molar-refractivity contribution in [2.24, 2.45) is 5.92 Å². The molecule has 1 aliphatic heterocycles. The first-order valence-electron chi connectivity index (χ1n) is 9.55. The van der Waals surface area contributed by atoms with Gasteiger partial charge in [-0.3, -0.25) is 4.98 Å². The number of benzene rings is 1. The highest BCUT2D eigenvalue weighted by Crippen LogP contribution is 2.29. The predicted molar refractivity (Wildman–Crippen MR) is 108 cm³/mol. The van der Waals surface area contributed by atoms with Gasteiger partial charge in [0.15, 0.2) is 5.82 Å². The zero-order valence-electron chi connectivity index (χ0n) is 15.7. The minimum atomic E-state index is -3.28. The molecule has 2 aromatic rings. The Kier molecular flexibility index (Phi) is 6.06. The summed E-state index contributed by atoms with van der Waals surface area (Å²) in [5, 5.41) is -0.0186. The van der Waals surface area contributed by atoms with Crippen LogP contribution < -0.4 is 9.46 Å². The highest BCUT2D eigenvalue weighted by atomic mass is 35.5. The fourth-order valence-electron chi connectivity index (χ4n) is 3.34. The number of halogens is 2. The maximum atomic E-state index is 14.0. The Morgan fingerprint density at radius 1 is 1.24 bits per heavy atom. The molecule has 2 unspecified atom stereocenters. The zero-order valence-corrected chi connectivity index (χ0v) is 17.3. The van der Waals surface area contributed by atoms with Gasteiger partial charge >= 0.3 is 0 Å². The second kappa shape index (κ2) is 8.55. The molecule has 1 N–H and O–H groups in total. The van der Waals surface area contributed by atoms with E-state index in [4.69, 9.17) is 21.1 Å². The lowest BCUT2D eigenvalue weighted by Crippen LogP contribution is -2.49. The van der Waals surface area contributed by atoms with Crippen molar-refractivity contribution in [3.63, 3.8) is 0 Å². The van der Waals surface area contributed by atoms with Gasteiger partial charge in [-0.25, -0.2) is 17.5 Å². The molecule has 0 radical (unpaired) electrons. The minimum absolute atomic E-state index is 0.0207. The molecule has 156 valence electrons. The van der Waals surface area contributed by atoms with E-state index in [1.807, 2.05) is 0 Å². The van der Waals surface area contributed by atoms with Crippen LogP contribution in [0.3, 0.4) is 0 Å². The third-order valence-electron chi connectivity index (χ3n) is 5.18. The number of hydrogen-bond acceptors (Lipinski definition) is 5. The van der Waals surface area contributed by atoms with Crippen LogP contribution in [0, 0.1) is 11.7 Å². The molecule has 0 bridgehead atoms. The van der Waals surface area contributed by atoms with E-state index in [0.29, 0.717) is 31.1 Å². The first-order valence-corrected chi connectivity index (χ1v) is 11.5. The van der Waals surface area contributed by atoms with Crippen molar-refractivity contribution in [3.8, 4) is 17.0 Å². The summed E-state index contributed by atoms with van der Waals surface area (Å²) in [5.41, 5.74) is 0.840. The standard InChI is InChI=1S/C20H22ClFN2O4S/c21-15-9-18(22)20(23-10-15)13-1-3-16(4-2-13)28-11-14-7-8-27-12-19(14)24-29(25,26)17-5-6-17/h1-4,9-10,14,17,19,24H,5-8,11-12H2. The topological polar surface area (TPSA) is 77.5 Å². The average molecular weight is 441 g/mol. The van der Waals surface area contributed by atoms with Gasteiger partial charge in [0.1, 0.15) is 11.4 Å². The lowest BCUT2D eigenvalue weighted by Gasteiger charge is -2.31. The highest BCUT2D eigenvalue weighted by Gasteiger charge is 2.39. The van der Waals surface area contributed by atoms with Crippen molar-refractivity contribution >= 4 is 21.6 Å². The monoisotopic (exact) mass is 440 g/mol. The molecule has 2 fully saturated rings. The third-order valence-corrected chi connectivity index (χ3v) is 7.36. The summed E-state index contributed by atoms with van der Waals surface area (Å²) in [6.45, 7) is 1.30. The normalized spacial score (nSPS) is 22.4. The number of pyridine rings is 1. The van der Waals surface area contributed by atoms with Crippen LogP contribution in [0.1, 0.15) is 19.3 Å². The molecule has 4 rings (SSSR count). The highest BCUT2D eigenvalue weighted by molar-refractivity contribution is 7.90. The van der Waals surface area contributed by atoms with E-state index in [-0.39, 0.29) is 27.9 Å². The first kappa shape index (κ1) is 20.5. The Morgan fingerprint density at radius 2 is 2.00 bits per heavy atom. The van der Waals surface area contributed by atoms with Crippen molar-refractivity contribution < 1.29 is 22.3 Å². The van der Waals surface area contributed by atoms with Gasteiger partial charge in [-0.1, -0.05) is 11.6 Å². The maximum Gasteiger partial charge on any atom is 0.214 e. The van der Waals surface area contributed by atoms with Gasteiger partial charge < -0.3 is 9.47 Å². The largest absolute Gasteiger partial charge is 0.493 e. The summed E-state index contributed by atoms with van der Waals surface area (Å²) in [5.74, 6) is 0.157. The number of ether oxygens (including phenoxy) is 2. The third kappa shape index (κ3) is 5.06. The summed E-state index contributed by atoms with van der Waals surface area (Å²) in [7, 11) is -3.28. The van der Waals surface area contributed by atoms with Gasteiger partial charge in [0.05, 0.1) is 29.5 Å². The van der Waals surface area contributed by atoms with Crippen LogP contribution >= 0.6 is 11.6 Å². The van der Waals surface area contributed by atoms with Crippen LogP contribution in [0.5, 0.6) is 5.75 Å². The van der Waals surface area contributed by atoms with Crippen LogP contribution in [-0.4, -0.2) is 44.5 Å². The molecule has 0 amide bonds. The number of aromatic nitrogens is 1. The molecule has 9 heteroatoms. The fourth-order valence-corrected chi connectivity index (χ4v) is 5.11. The Labute approximate surface area is 174 Å². The van der Waals surface area contributed by atoms with Gasteiger partial charge in [0.2, 0.25) is 10.0 Å². The van der Waals surface area contributed by atoms with E-state index in [1.54, 1.807) is 24.3 Å². The molecule has 1 aromatic carbocycles. The molecule has 1 saturated heterocycles. The Balaban J connectivity index is 1.38. The average Bonchev–Trinajstić information content (AvgIpc) is 3.54. The molecule has 0 spiro atoms. The molecule has 1 aromatic heterocycles. The molecular weight excluding hydrogens is 419 g/mol. The molecule has 29 heavy (non-hydrogen) atoms. The van der Waals surface area contributed by atoms with Crippen LogP contribution in [0.15, 0.2) is 36.5 Å². The lowest BCUT2D eigenvalue weighted by atomic mass is 9.97. The maximum absolute atomic E-state index is 14.0. The van der Waals surface area contributed by atoms with E-state index < -0.39 is 15.8 Å². The number of rotatable bonds is 7. The lowest BCUT2D eigenvalue weighted by molar-refractivity contribution is 0.0274. The molecule has 2 atom stereocenters.